The molecule has 0 radical (unpaired) electrons. The Morgan fingerprint density at radius 3 is 2.79 bits per heavy atom. The van der Waals surface area contributed by atoms with Gasteiger partial charge in [-0.3, -0.25) is 4.79 Å². The second-order valence-corrected chi connectivity index (χ2v) is 8.96. The zero-order valence-electron chi connectivity index (χ0n) is 16.9. The van der Waals surface area contributed by atoms with E-state index in [9.17, 15) is 9.90 Å². The molecule has 0 unspecified atom stereocenters. The van der Waals surface area contributed by atoms with Crippen LogP contribution in [0.1, 0.15) is 51.9 Å². The van der Waals surface area contributed by atoms with Gasteiger partial charge in [0.25, 0.3) is 0 Å². The molecule has 156 valence electrons. The molecule has 0 aromatic rings. The highest BCUT2D eigenvalue weighted by atomic mass is 16.7. The van der Waals surface area contributed by atoms with E-state index in [1.54, 1.807) is 0 Å². The van der Waals surface area contributed by atoms with Crippen molar-refractivity contribution in [2.75, 3.05) is 13.2 Å². The predicted molar refractivity (Wildman–Crippen MR) is 105 cm³/mol. The summed E-state index contributed by atoms with van der Waals surface area (Å²) in [4.78, 5) is 12.9. The Hall–Kier alpha value is -1.17. The molecule has 1 aliphatic heterocycles. The average molecular weight is 391 g/mol. The Morgan fingerprint density at radius 2 is 2.07 bits per heavy atom. The van der Waals surface area contributed by atoms with Crippen LogP contribution in [0.3, 0.4) is 0 Å². The number of hydrogen-bond donors (Lipinski definition) is 1. The molecule has 5 nitrogen and oxygen atoms in total. The highest BCUT2D eigenvalue weighted by molar-refractivity contribution is 5.74. The first-order valence-corrected chi connectivity index (χ1v) is 11.0. The maximum atomic E-state index is 12.9. The van der Waals surface area contributed by atoms with Crippen LogP contribution in [-0.2, 0) is 19.0 Å². The number of ether oxygens (including phenoxy) is 3. The zero-order valence-corrected chi connectivity index (χ0v) is 16.9. The van der Waals surface area contributed by atoms with Crippen molar-refractivity contribution in [3.05, 3.63) is 24.8 Å². The first-order valence-electron chi connectivity index (χ1n) is 11.0. The first-order chi connectivity index (χ1) is 13.6. The van der Waals surface area contributed by atoms with Gasteiger partial charge in [-0.2, -0.15) is 0 Å². The average Bonchev–Trinajstić information content (AvgIpc) is 3.26. The summed E-state index contributed by atoms with van der Waals surface area (Å²) in [6, 6.07) is 0. The standard InChI is InChI=1S/C23H34O5/c1-3-15-12-16-8-9-17(19-14-27-23(28-19)10-6-5-7-11-23)20(22(25)26-4-2)21(24)18(16)13-15/h3,8-9,15-21,24H,1,4-7,10-14H2,2H3/t15-,16+,17+,18-,19+,20+,21-/m0/s1. The maximum Gasteiger partial charge on any atom is 0.312 e. The number of carbonyl (C=O) groups excluding carboxylic acids is 1. The molecule has 0 amide bonds. The molecule has 7 atom stereocenters. The number of hydrogen-bond acceptors (Lipinski definition) is 5. The number of allylic oxidation sites excluding steroid dienone is 2. The highest BCUT2D eigenvalue weighted by Gasteiger charge is 2.52. The van der Waals surface area contributed by atoms with Gasteiger partial charge >= 0.3 is 5.97 Å². The van der Waals surface area contributed by atoms with Gasteiger partial charge in [0.2, 0.25) is 0 Å². The van der Waals surface area contributed by atoms with E-state index >= 15 is 0 Å². The lowest BCUT2D eigenvalue weighted by atomic mass is 9.79. The van der Waals surface area contributed by atoms with Gasteiger partial charge in [-0.15, -0.1) is 6.58 Å². The van der Waals surface area contributed by atoms with Crippen molar-refractivity contribution in [3.63, 3.8) is 0 Å². The molecule has 5 heteroatoms. The number of aliphatic hydroxyl groups excluding tert-OH is 1. The van der Waals surface area contributed by atoms with E-state index in [2.05, 4.69) is 18.7 Å². The van der Waals surface area contributed by atoms with E-state index in [0.29, 0.717) is 19.1 Å². The van der Waals surface area contributed by atoms with Gasteiger partial charge in [-0.1, -0.05) is 24.6 Å². The minimum Gasteiger partial charge on any atom is -0.466 e. The fraction of sp³-hybridized carbons (Fsp3) is 0.783. The molecular weight excluding hydrogens is 356 g/mol. The minimum absolute atomic E-state index is 0.0598. The molecule has 1 heterocycles. The van der Waals surface area contributed by atoms with Crippen molar-refractivity contribution in [2.45, 2.75) is 69.9 Å². The smallest absolute Gasteiger partial charge is 0.312 e. The van der Waals surface area contributed by atoms with Crippen LogP contribution in [0.5, 0.6) is 0 Å². The Labute approximate surface area is 168 Å². The topological polar surface area (TPSA) is 65.0 Å². The lowest BCUT2D eigenvalue weighted by Crippen LogP contribution is -2.44. The van der Waals surface area contributed by atoms with Crippen molar-refractivity contribution >= 4 is 5.97 Å². The summed E-state index contributed by atoms with van der Waals surface area (Å²) in [5, 5.41) is 11.3. The molecule has 3 fully saturated rings. The lowest BCUT2D eigenvalue weighted by Gasteiger charge is -2.35. The Bertz CT molecular complexity index is 608. The third-order valence-corrected chi connectivity index (χ3v) is 7.32. The third kappa shape index (κ3) is 3.69. The van der Waals surface area contributed by atoms with Crippen molar-refractivity contribution in [3.8, 4) is 0 Å². The Morgan fingerprint density at radius 1 is 1.29 bits per heavy atom. The van der Waals surface area contributed by atoms with E-state index in [0.717, 1.165) is 38.5 Å². The fourth-order valence-corrected chi connectivity index (χ4v) is 5.85. The van der Waals surface area contributed by atoms with Gasteiger partial charge in [0.15, 0.2) is 5.79 Å². The summed E-state index contributed by atoms with van der Waals surface area (Å²) in [5.74, 6) is -0.914. The van der Waals surface area contributed by atoms with Crippen LogP contribution in [0.4, 0.5) is 0 Å². The zero-order chi connectivity index (χ0) is 19.7. The molecule has 3 aliphatic carbocycles. The minimum atomic E-state index is -0.736. The molecule has 1 saturated heterocycles. The number of aliphatic hydroxyl groups is 1. The monoisotopic (exact) mass is 390 g/mol. The number of carbonyl (C=O) groups is 1. The predicted octanol–water partition coefficient (Wildman–Crippen LogP) is 3.62. The summed E-state index contributed by atoms with van der Waals surface area (Å²) in [5.41, 5.74) is 0. The molecule has 4 rings (SSSR count). The maximum absolute atomic E-state index is 12.9. The van der Waals surface area contributed by atoms with Crippen LogP contribution in [0.25, 0.3) is 0 Å². The van der Waals surface area contributed by atoms with Gasteiger partial charge in [-0.05, 0) is 50.4 Å². The normalized spacial score (nSPS) is 42.1. The van der Waals surface area contributed by atoms with Crippen LogP contribution in [0.2, 0.25) is 0 Å². The van der Waals surface area contributed by atoms with E-state index in [1.165, 1.54) is 6.42 Å². The molecule has 4 aliphatic rings. The van der Waals surface area contributed by atoms with Crippen LogP contribution in [0.15, 0.2) is 24.8 Å². The van der Waals surface area contributed by atoms with E-state index < -0.39 is 17.8 Å². The van der Waals surface area contributed by atoms with E-state index in [-0.39, 0.29) is 29.8 Å². The molecule has 1 N–H and O–H groups in total. The summed E-state index contributed by atoms with van der Waals surface area (Å²) in [7, 11) is 0. The van der Waals surface area contributed by atoms with Gasteiger partial charge in [-0.25, -0.2) is 0 Å². The second-order valence-electron chi connectivity index (χ2n) is 8.96. The summed E-state index contributed by atoms with van der Waals surface area (Å²) in [6.07, 6.45) is 12.5. The molecule has 0 aromatic carbocycles. The molecule has 0 aromatic heterocycles. The summed E-state index contributed by atoms with van der Waals surface area (Å²) < 4.78 is 18.0. The lowest BCUT2D eigenvalue weighted by molar-refractivity contribution is -0.195. The number of rotatable bonds is 4. The Balaban J connectivity index is 1.58. The van der Waals surface area contributed by atoms with E-state index in [4.69, 9.17) is 14.2 Å². The van der Waals surface area contributed by atoms with E-state index in [1.807, 2.05) is 13.0 Å². The van der Waals surface area contributed by atoms with Crippen molar-refractivity contribution in [1.82, 2.24) is 0 Å². The third-order valence-electron chi connectivity index (χ3n) is 7.32. The quantitative estimate of drug-likeness (QED) is 0.587. The van der Waals surface area contributed by atoms with Crippen LogP contribution in [-0.4, -0.2) is 42.3 Å². The second kappa shape index (κ2) is 8.29. The molecule has 0 bridgehead atoms. The summed E-state index contributed by atoms with van der Waals surface area (Å²) in [6.45, 7) is 6.52. The number of fused-ring (bicyclic) bond motifs is 1. The number of esters is 1. The van der Waals surface area contributed by atoms with Crippen molar-refractivity contribution in [1.29, 1.82) is 0 Å². The van der Waals surface area contributed by atoms with Crippen molar-refractivity contribution < 1.29 is 24.1 Å². The van der Waals surface area contributed by atoms with Gasteiger partial charge in [0.1, 0.15) is 0 Å². The fourth-order valence-electron chi connectivity index (χ4n) is 5.85. The van der Waals surface area contributed by atoms with Crippen LogP contribution in [0, 0.1) is 29.6 Å². The van der Waals surface area contributed by atoms with Gasteiger partial charge < -0.3 is 19.3 Å². The van der Waals surface area contributed by atoms with Crippen LogP contribution < -0.4 is 0 Å². The van der Waals surface area contributed by atoms with Gasteiger partial charge in [0, 0.05) is 18.8 Å². The largest absolute Gasteiger partial charge is 0.466 e. The van der Waals surface area contributed by atoms with Gasteiger partial charge in [0.05, 0.1) is 31.3 Å². The first kappa shape index (κ1) is 20.1. The SMILES string of the molecule is C=C[C@@H]1C[C@@H]2[C@H](O)[C@H](C(=O)OCC)[C@@H]([C@H]3COC4(CCCCC4)O3)C=C[C@@H]2C1. The van der Waals surface area contributed by atoms with Crippen LogP contribution >= 0.6 is 0 Å². The highest BCUT2D eigenvalue weighted by Crippen LogP contribution is 2.48. The molecule has 28 heavy (non-hydrogen) atoms. The summed E-state index contributed by atoms with van der Waals surface area (Å²) >= 11 is 0. The Kier molecular flexibility index (Phi) is 5.96. The molecular formula is C23H34O5. The van der Waals surface area contributed by atoms with Crippen molar-refractivity contribution in [2.24, 2.45) is 29.6 Å². The molecule has 2 saturated carbocycles. The molecule has 1 spiro atoms.